The monoisotopic (exact) mass is 374 g/mol. The summed E-state index contributed by atoms with van der Waals surface area (Å²) >= 11 is 0. The number of amides is 1. The van der Waals surface area contributed by atoms with E-state index < -0.39 is 5.91 Å². The van der Waals surface area contributed by atoms with Gasteiger partial charge in [0.2, 0.25) is 0 Å². The van der Waals surface area contributed by atoms with Crippen molar-refractivity contribution < 1.29 is 28.5 Å². The van der Waals surface area contributed by atoms with Crippen LogP contribution in [0.2, 0.25) is 0 Å². The fraction of sp³-hybridized carbons (Fsp3) is 0.263. The molecule has 2 aromatic carbocycles. The van der Waals surface area contributed by atoms with Crippen molar-refractivity contribution in [2.24, 2.45) is 5.10 Å². The van der Waals surface area contributed by atoms with Crippen molar-refractivity contribution in [3.63, 3.8) is 0 Å². The summed E-state index contributed by atoms with van der Waals surface area (Å²) in [5.41, 5.74) is 2.96. The number of hydrogen-bond acceptors (Lipinski definition) is 7. The first-order valence-electron chi connectivity index (χ1n) is 8.00. The summed E-state index contributed by atoms with van der Waals surface area (Å²) in [6, 6.07) is 10.3. The molecule has 0 aliphatic rings. The molecule has 27 heavy (non-hydrogen) atoms. The lowest BCUT2D eigenvalue weighted by Gasteiger charge is -2.12. The minimum absolute atomic E-state index is 0.180. The fourth-order valence-electron chi connectivity index (χ4n) is 2.18. The molecular formula is C19H22N2O6. The predicted molar refractivity (Wildman–Crippen MR) is 100 cm³/mol. The van der Waals surface area contributed by atoms with Crippen molar-refractivity contribution in [1.29, 1.82) is 0 Å². The van der Waals surface area contributed by atoms with Gasteiger partial charge < -0.3 is 23.7 Å². The number of hydrogen-bond donors (Lipinski definition) is 1. The lowest BCUT2D eigenvalue weighted by Crippen LogP contribution is -2.24. The molecule has 0 spiro atoms. The third kappa shape index (κ3) is 5.53. The number of carbonyl (C=O) groups is 1. The molecule has 0 unspecified atom stereocenters. The van der Waals surface area contributed by atoms with E-state index in [2.05, 4.69) is 10.5 Å². The highest BCUT2D eigenvalue weighted by Crippen LogP contribution is 2.32. The zero-order valence-electron chi connectivity index (χ0n) is 15.6. The van der Waals surface area contributed by atoms with Gasteiger partial charge in [0, 0.05) is 12.1 Å². The van der Waals surface area contributed by atoms with Gasteiger partial charge in [-0.3, -0.25) is 4.79 Å². The molecule has 8 nitrogen and oxygen atoms in total. The number of rotatable bonds is 9. The van der Waals surface area contributed by atoms with E-state index in [0.29, 0.717) is 34.3 Å². The summed E-state index contributed by atoms with van der Waals surface area (Å²) in [5, 5.41) is 3.93. The van der Waals surface area contributed by atoms with Crippen LogP contribution in [0, 0.1) is 0 Å². The highest BCUT2D eigenvalue weighted by molar-refractivity contribution is 5.89. The molecule has 2 aromatic rings. The molecule has 0 atom stereocenters. The van der Waals surface area contributed by atoms with Gasteiger partial charge in [-0.05, 0) is 24.3 Å². The largest absolute Gasteiger partial charge is 0.497 e. The van der Waals surface area contributed by atoms with Gasteiger partial charge in [0.1, 0.15) is 28.7 Å². The second-order valence-corrected chi connectivity index (χ2v) is 5.20. The van der Waals surface area contributed by atoms with E-state index in [0.717, 1.165) is 0 Å². The average molecular weight is 374 g/mol. The van der Waals surface area contributed by atoms with Crippen LogP contribution in [0.5, 0.6) is 28.7 Å². The van der Waals surface area contributed by atoms with Crippen LogP contribution in [0.15, 0.2) is 41.5 Å². The van der Waals surface area contributed by atoms with Gasteiger partial charge in [0.25, 0.3) is 5.91 Å². The summed E-state index contributed by atoms with van der Waals surface area (Å²) in [6.45, 7) is -0.180. The van der Waals surface area contributed by atoms with Crippen LogP contribution < -0.4 is 29.1 Å². The topological polar surface area (TPSA) is 87.6 Å². The van der Waals surface area contributed by atoms with E-state index in [1.54, 1.807) is 50.6 Å². The van der Waals surface area contributed by atoms with Crippen LogP contribution in [0.1, 0.15) is 5.56 Å². The highest BCUT2D eigenvalue weighted by Gasteiger charge is 2.11. The Kier molecular flexibility index (Phi) is 7.30. The molecule has 0 heterocycles. The number of nitrogens with zero attached hydrogens (tertiary/aromatic N) is 1. The molecule has 1 amide bonds. The molecule has 0 saturated carbocycles. The van der Waals surface area contributed by atoms with Gasteiger partial charge in [-0.25, -0.2) is 5.43 Å². The zero-order chi connectivity index (χ0) is 19.6. The summed E-state index contributed by atoms with van der Waals surface area (Å²) in [5.74, 6) is 2.43. The lowest BCUT2D eigenvalue weighted by atomic mass is 10.2. The minimum Gasteiger partial charge on any atom is -0.497 e. The van der Waals surface area contributed by atoms with Crippen molar-refractivity contribution in [1.82, 2.24) is 5.43 Å². The van der Waals surface area contributed by atoms with E-state index in [1.165, 1.54) is 20.4 Å². The van der Waals surface area contributed by atoms with Gasteiger partial charge in [0.05, 0.1) is 40.2 Å². The molecule has 0 aromatic heterocycles. The highest BCUT2D eigenvalue weighted by atomic mass is 16.5. The van der Waals surface area contributed by atoms with Gasteiger partial charge in [0.15, 0.2) is 6.61 Å². The van der Waals surface area contributed by atoms with Crippen molar-refractivity contribution in [2.75, 3.05) is 35.0 Å². The Hall–Kier alpha value is -3.42. The maximum absolute atomic E-state index is 11.9. The van der Waals surface area contributed by atoms with Gasteiger partial charge in [-0.2, -0.15) is 5.10 Å². The molecule has 0 bridgehead atoms. The normalized spacial score (nSPS) is 10.4. The number of hydrazone groups is 1. The Bertz CT molecular complexity index is 764. The fourth-order valence-corrected chi connectivity index (χ4v) is 2.18. The molecular weight excluding hydrogens is 352 g/mol. The van der Waals surface area contributed by atoms with Crippen LogP contribution in [-0.4, -0.2) is 47.2 Å². The quantitative estimate of drug-likeness (QED) is 0.535. The predicted octanol–water partition coefficient (Wildman–Crippen LogP) is 2.25. The molecule has 0 aliphatic carbocycles. The maximum Gasteiger partial charge on any atom is 0.277 e. The molecule has 0 fully saturated rings. The van der Waals surface area contributed by atoms with Crippen LogP contribution >= 0.6 is 0 Å². The Morgan fingerprint density at radius 1 is 0.889 bits per heavy atom. The molecule has 1 N–H and O–H groups in total. The number of carbonyl (C=O) groups excluding carboxylic acids is 1. The summed E-state index contributed by atoms with van der Waals surface area (Å²) in [7, 11) is 6.17. The first-order valence-corrected chi connectivity index (χ1v) is 8.00. The molecule has 2 rings (SSSR count). The standard InChI is InChI=1S/C19H22N2O6/c1-23-13-5-7-14(8-6-13)27-12-19(22)21-20-11-16-17(25-3)9-15(24-2)10-18(16)26-4/h5-11H,12H2,1-4H3,(H,21,22)/b20-11-. The lowest BCUT2D eigenvalue weighted by molar-refractivity contribution is -0.123. The van der Waals surface area contributed by atoms with Crippen LogP contribution in [0.25, 0.3) is 0 Å². The smallest absolute Gasteiger partial charge is 0.277 e. The van der Waals surface area contributed by atoms with E-state index >= 15 is 0 Å². The number of nitrogens with one attached hydrogen (secondary N) is 1. The molecule has 8 heteroatoms. The minimum atomic E-state index is -0.409. The SMILES string of the molecule is COc1ccc(OCC(=O)N/N=C\c2c(OC)cc(OC)cc2OC)cc1. The Morgan fingerprint density at radius 3 is 1.96 bits per heavy atom. The van der Waals surface area contributed by atoms with E-state index in [9.17, 15) is 4.79 Å². The third-order valence-electron chi connectivity index (χ3n) is 3.57. The van der Waals surface area contributed by atoms with Crippen molar-refractivity contribution in [2.45, 2.75) is 0 Å². The summed E-state index contributed by atoms with van der Waals surface area (Å²) in [6.07, 6.45) is 1.43. The van der Waals surface area contributed by atoms with Crippen LogP contribution in [0.4, 0.5) is 0 Å². The summed E-state index contributed by atoms with van der Waals surface area (Å²) in [4.78, 5) is 11.9. The zero-order valence-corrected chi connectivity index (χ0v) is 15.6. The molecule has 144 valence electrons. The Labute approximate surface area is 157 Å². The molecule has 0 saturated heterocycles. The van der Waals surface area contributed by atoms with Crippen molar-refractivity contribution >= 4 is 12.1 Å². The first-order chi connectivity index (χ1) is 13.1. The summed E-state index contributed by atoms with van der Waals surface area (Å²) < 4.78 is 26.3. The van der Waals surface area contributed by atoms with Gasteiger partial charge >= 0.3 is 0 Å². The number of benzene rings is 2. The number of methoxy groups -OCH3 is 4. The van der Waals surface area contributed by atoms with E-state index in [1.807, 2.05) is 0 Å². The van der Waals surface area contributed by atoms with Gasteiger partial charge in [-0.15, -0.1) is 0 Å². The van der Waals surface area contributed by atoms with Crippen molar-refractivity contribution in [3.8, 4) is 28.7 Å². The number of ether oxygens (including phenoxy) is 5. The second-order valence-electron chi connectivity index (χ2n) is 5.20. The first kappa shape index (κ1) is 19.9. The molecule has 0 radical (unpaired) electrons. The maximum atomic E-state index is 11.9. The average Bonchev–Trinajstić information content (AvgIpc) is 2.72. The van der Waals surface area contributed by atoms with E-state index in [4.69, 9.17) is 23.7 Å². The Balaban J connectivity index is 1.96. The third-order valence-corrected chi connectivity index (χ3v) is 3.57. The van der Waals surface area contributed by atoms with Gasteiger partial charge in [-0.1, -0.05) is 0 Å². The second kappa shape index (κ2) is 9.91. The van der Waals surface area contributed by atoms with Crippen molar-refractivity contribution in [3.05, 3.63) is 42.0 Å². The van der Waals surface area contributed by atoms with Crippen LogP contribution in [0.3, 0.4) is 0 Å². The van der Waals surface area contributed by atoms with Crippen LogP contribution in [-0.2, 0) is 4.79 Å². The molecule has 0 aliphatic heterocycles. The Morgan fingerprint density at radius 2 is 1.44 bits per heavy atom. The van der Waals surface area contributed by atoms with E-state index in [-0.39, 0.29) is 6.61 Å².